The van der Waals surface area contributed by atoms with E-state index in [0.29, 0.717) is 16.7 Å². The number of oxazole rings is 1. The van der Waals surface area contributed by atoms with Crippen molar-refractivity contribution in [2.75, 3.05) is 5.32 Å². The summed E-state index contributed by atoms with van der Waals surface area (Å²) in [7, 11) is 0. The summed E-state index contributed by atoms with van der Waals surface area (Å²) in [6.07, 6.45) is -0.641. The van der Waals surface area contributed by atoms with Gasteiger partial charge >= 0.3 is 12.1 Å². The minimum atomic E-state index is -0.641. The molecule has 0 atom stereocenters. The standard InChI is InChI=1S/C16H14N2O4/c19-9-12-6-7-13-14(8-12)22-15(17-13)18-16(20)21-10-11-4-2-1-3-5-11/h1-8,19H,9-10H2,(H,17,18,20). The van der Waals surface area contributed by atoms with Crippen LogP contribution in [0.1, 0.15) is 11.1 Å². The number of benzene rings is 2. The summed E-state index contributed by atoms with van der Waals surface area (Å²) < 4.78 is 10.5. The van der Waals surface area contributed by atoms with Gasteiger partial charge in [-0.1, -0.05) is 36.4 Å². The van der Waals surface area contributed by atoms with E-state index in [1.807, 2.05) is 30.3 Å². The van der Waals surface area contributed by atoms with Crippen molar-refractivity contribution in [2.45, 2.75) is 13.2 Å². The molecule has 22 heavy (non-hydrogen) atoms. The number of carbonyl (C=O) groups excluding carboxylic acids is 1. The highest BCUT2D eigenvalue weighted by Gasteiger charge is 2.10. The van der Waals surface area contributed by atoms with Crippen molar-refractivity contribution in [3.8, 4) is 0 Å². The maximum Gasteiger partial charge on any atom is 0.415 e. The van der Waals surface area contributed by atoms with Crippen molar-refractivity contribution in [1.29, 1.82) is 0 Å². The Labute approximate surface area is 126 Å². The van der Waals surface area contributed by atoms with E-state index in [1.165, 1.54) is 0 Å². The fourth-order valence-electron chi connectivity index (χ4n) is 1.97. The van der Waals surface area contributed by atoms with Crippen LogP contribution in [0, 0.1) is 0 Å². The van der Waals surface area contributed by atoms with Gasteiger partial charge in [0.25, 0.3) is 0 Å². The molecule has 0 spiro atoms. The number of hydrogen-bond donors (Lipinski definition) is 2. The molecule has 3 rings (SSSR count). The molecule has 1 heterocycles. The molecule has 0 fully saturated rings. The summed E-state index contributed by atoms with van der Waals surface area (Å²) in [5.41, 5.74) is 2.69. The minimum absolute atomic E-state index is 0.0585. The van der Waals surface area contributed by atoms with Crippen LogP contribution in [0.4, 0.5) is 10.8 Å². The average Bonchev–Trinajstić information content (AvgIpc) is 2.95. The number of aliphatic hydroxyl groups is 1. The van der Waals surface area contributed by atoms with Gasteiger partial charge in [0, 0.05) is 0 Å². The Bertz CT molecular complexity index is 783. The van der Waals surface area contributed by atoms with Crippen molar-refractivity contribution < 1.29 is 19.1 Å². The van der Waals surface area contributed by atoms with E-state index in [0.717, 1.165) is 5.56 Å². The molecule has 0 bridgehead atoms. The molecule has 0 unspecified atom stereocenters. The van der Waals surface area contributed by atoms with E-state index in [9.17, 15) is 4.79 Å². The van der Waals surface area contributed by atoms with E-state index in [-0.39, 0.29) is 19.2 Å². The lowest BCUT2D eigenvalue weighted by molar-refractivity contribution is 0.154. The molecule has 1 amide bonds. The van der Waals surface area contributed by atoms with Crippen LogP contribution < -0.4 is 5.32 Å². The highest BCUT2D eigenvalue weighted by molar-refractivity contribution is 5.84. The Hall–Kier alpha value is -2.86. The number of nitrogens with zero attached hydrogens (tertiary/aromatic N) is 1. The predicted octanol–water partition coefficient (Wildman–Crippen LogP) is 3.07. The van der Waals surface area contributed by atoms with Crippen molar-refractivity contribution in [3.63, 3.8) is 0 Å². The van der Waals surface area contributed by atoms with E-state index in [1.54, 1.807) is 18.2 Å². The Kier molecular flexibility index (Phi) is 4.02. The van der Waals surface area contributed by atoms with Crippen LogP contribution in [-0.2, 0) is 18.0 Å². The molecule has 0 aliphatic heterocycles. The lowest BCUT2D eigenvalue weighted by Gasteiger charge is -2.03. The fraction of sp³-hybridized carbons (Fsp3) is 0.125. The lowest BCUT2D eigenvalue weighted by atomic mass is 10.2. The third-order valence-corrected chi connectivity index (χ3v) is 3.06. The van der Waals surface area contributed by atoms with Crippen LogP contribution in [0.3, 0.4) is 0 Å². The molecular formula is C16H14N2O4. The lowest BCUT2D eigenvalue weighted by Crippen LogP contribution is -2.13. The fourth-order valence-corrected chi connectivity index (χ4v) is 1.97. The summed E-state index contributed by atoms with van der Waals surface area (Å²) in [5, 5.41) is 11.5. The van der Waals surface area contributed by atoms with Crippen molar-refractivity contribution in [3.05, 3.63) is 59.7 Å². The van der Waals surface area contributed by atoms with Gasteiger partial charge in [-0.3, -0.25) is 0 Å². The summed E-state index contributed by atoms with van der Waals surface area (Å²) in [6, 6.07) is 14.5. The normalized spacial score (nSPS) is 10.6. The van der Waals surface area contributed by atoms with Crippen LogP contribution in [0.15, 0.2) is 52.9 Å². The molecule has 0 saturated carbocycles. The van der Waals surface area contributed by atoms with Crippen molar-refractivity contribution in [1.82, 2.24) is 4.98 Å². The molecule has 2 aromatic carbocycles. The Morgan fingerprint density at radius 3 is 2.77 bits per heavy atom. The highest BCUT2D eigenvalue weighted by atomic mass is 16.6. The topological polar surface area (TPSA) is 84.6 Å². The number of ether oxygens (including phenoxy) is 1. The maximum atomic E-state index is 11.7. The number of hydrogen-bond acceptors (Lipinski definition) is 5. The van der Waals surface area contributed by atoms with Crippen LogP contribution in [-0.4, -0.2) is 16.2 Å². The monoisotopic (exact) mass is 298 g/mol. The third kappa shape index (κ3) is 3.24. The number of fused-ring (bicyclic) bond motifs is 1. The molecule has 0 aliphatic carbocycles. The zero-order valence-corrected chi connectivity index (χ0v) is 11.7. The van der Waals surface area contributed by atoms with E-state index in [2.05, 4.69) is 10.3 Å². The van der Waals surface area contributed by atoms with Gasteiger partial charge in [-0.15, -0.1) is 0 Å². The molecule has 6 heteroatoms. The summed E-state index contributed by atoms with van der Waals surface area (Å²) in [6.45, 7) is 0.0834. The molecule has 0 radical (unpaired) electrons. The zero-order chi connectivity index (χ0) is 15.4. The van der Waals surface area contributed by atoms with E-state index >= 15 is 0 Å². The minimum Gasteiger partial charge on any atom is -0.444 e. The van der Waals surface area contributed by atoms with E-state index in [4.69, 9.17) is 14.3 Å². The van der Waals surface area contributed by atoms with Gasteiger partial charge in [0.05, 0.1) is 6.61 Å². The number of amides is 1. The van der Waals surface area contributed by atoms with Gasteiger partial charge in [0.15, 0.2) is 5.58 Å². The first-order valence-electron chi connectivity index (χ1n) is 6.72. The first kappa shape index (κ1) is 14.1. The van der Waals surface area contributed by atoms with Gasteiger partial charge in [-0.25, -0.2) is 10.1 Å². The number of rotatable bonds is 4. The van der Waals surface area contributed by atoms with Gasteiger partial charge in [0.2, 0.25) is 0 Å². The second-order valence-corrected chi connectivity index (χ2v) is 4.67. The first-order valence-corrected chi connectivity index (χ1v) is 6.72. The maximum absolute atomic E-state index is 11.7. The molecule has 0 saturated heterocycles. The quantitative estimate of drug-likeness (QED) is 0.773. The van der Waals surface area contributed by atoms with Crippen molar-refractivity contribution in [2.24, 2.45) is 0 Å². The number of aliphatic hydroxyl groups excluding tert-OH is 1. The van der Waals surface area contributed by atoms with E-state index < -0.39 is 6.09 Å². The average molecular weight is 298 g/mol. The first-order chi connectivity index (χ1) is 10.7. The largest absolute Gasteiger partial charge is 0.444 e. The van der Waals surface area contributed by atoms with Crippen LogP contribution >= 0.6 is 0 Å². The smallest absolute Gasteiger partial charge is 0.415 e. The van der Waals surface area contributed by atoms with Crippen molar-refractivity contribution >= 4 is 23.2 Å². The zero-order valence-electron chi connectivity index (χ0n) is 11.7. The second-order valence-electron chi connectivity index (χ2n) is 4.67. The summed E-state index contributed by atoms with van der Waals surface area (Å²) in [5.74, 6) is 0. The Balaban J connectivity index is 1.63. The van der Waals surface area contributed by atoms with Gasteiger partial charge < -0.3 is 14.3 Å². The molecule has 1 aromatic heterocycles. The summed E-state index contributed by atoms with van der Waals surface area (Å²) >= 11 is 0. The van der Waals surface area contributed by atoms with Crippen LogP contribution in [0.25, 0.3) is 11.1 Å². The van der Waals surface area contributed by atoms with Gasteiger partial charge in [-0.05, 0) is 23.3 Å². The molecule has 3 aromatic rings. The van der Waals surface area contributed by atoms with Crippen LogP contribution in [0.5, 0.6) is 0 Å². The number of carbonyl (C=O) groups is 1. The molecule has 2 N–H and O–H groups in total. The highest BCUT2D eigenvalue weighted by Crippen LogP contribution is 2.20. The van der Waals surface area contributed by atoms with Crippen LogP contribution in [0.2, 0.25) is 0 Å². The third-order valence-electron chi connectivity index (χ3n) is 3.06. The Morgan fingerprint density at radius 1 is 1.18 bits per heavy atom. The predicted molar refractivity (Wildman–Crippen MR) is 80.2 cm³/mol. The molecule has 112 valence electrons. The second kappa shape index (κ2) is 6.28. The summed E-state index contributed by atoms with van der Waals surface area (Å²) in [4.78, 5) is 15.8. The molecular weight excluding hydrogens is 284 g/mol. The SMILES string of the molecule is O=C(Nc1nc2ccc(CO)cc2o1)OCc1ccccc1. The molecule has 0 aliphatic rings. The van der Waals surface area contributed by atoms with Gasteiger partial charge in [-0.2, -0.15) is 4.98 Å². The van der Waals surface area contributed by atoms with Gasteiger partial charge in [0.1, 0.15) is 12.1 Å². The molecule has 6 nitrogen and oxygen atoms in total. The number of nitrogens with one attached hydrogen (secondary N) is 1. The number of anilines is 1. The number of aromatic nitrogens is 1. The Morgan fingerprint density at radius 2 is 2.00 bits per heavy atom.